The fourth-order valence-electron chi connectivity index (χ4n) is 2.47. The zero-order chi connectivity index (χ0) is 14.8. The van der Waals surface area contributed by atoms with Crippen LogP contribution in [0.4, 0.5) is 5.69 Å². The number of benzene rings is 1. The van der Waals surface area contributed by atoms with Crippen LogP contribution in [-0.2, 0) is 4.79 Å². The molecule has 1 unspecified atom stereocenters. The quantitative estimate of drug-likeness (QED) is 0.486. The Morgan fingerprint density at radius 3 is 2.15 bits per heavy atom. The maximum atomic E-state index is 11.4. The van der Waals surface area contributed by atoms with Crippen LogP contribution in [0.5, 0.6) is 0 Å². The Kier molecular flexibility index (Phi) is 7.78. The van der Waals surface area contributed by atoms with Gasteiger partial charge in [0.15, 0.2) is 0 Å². The van der Waals surface area contributed by atoms with E-state index in [1.165, 1.54) is 32.1 Å². The van der Waals surface area contributed by atoms with Crippen LogP contribution in [0.15, 0.2) is 24.3 Å². The van der Waals surface area contributed by atoms with Crippen LogP contribution in [-0.4, -0.2) is 11.1 Å². The molecule has 0 amide bonds. The van der Waals surface area contributed by atoms with Gasteiger partial charge in [-0.15, -0.1) is 0 Å². The van der Waals surface area contributed by atoms with Gasteiger partial charge >= 0.3 is 5.97 Å². The van der Waals surface area contributed by atoms with E-state index in [0.717, 1.165) is 18.4 Å². The number of rotatable bonds is 10. The largest absolute Gasteiger partial charge is 0.481 e. The number of nitrogens with two attached hydrogens (primary N) is 1. The van der Waals surface area contributed by atoms with Gasteiger partial charge in [0.1, 0.15) is 0 Å². The third kappa shape index (κ3) is 6.09. The number of hydrogen-bond acceptors (Lipinski definition) is 2. The Morgan fingerprint density at radius 1 is 1.05 bits per heavy atom. The van der Waals surface area contributed by atoms with E-state index in [1.54, 1.807) is 12.1 Å². The molecule has 1 aromatic carbocycles. The van der Waals surface area contributed by atoms with Crippen LogP contribution in [0.2, 0.25) is 0 Å². The molecule has 0 bridgehead atoms. The van der Waals surface area contributed by atoms with Crippen LogP contribution >= 0.6 is 0 Å². The Balaban J connectivity index is 2.33. The normalized spacial score (nSPS) is 12.2. The van der Waals surface area contributed by atoms with Crippen LogP contribution in [0, 0.1) is 0 Å². The first-order valence-electron chi connectivity index (χ1n) is 7.73. The summed E-state index contributed by atoms with van der Waals surface area (Å²) in [5.41, 5.74) is 7.17. The Bertz CT molecular complexity index is 386. The van der Waals surface area contributed by atoms with Crippen molar-refractivity contribution in [3.63, 3.8) is 0 Å². The smallest absolute Gasteiger partial charge is 0.310 e. The molecule has 0 saturated carbocycles. The molecule has 20 heavy (non-hydrogen) atoms. The van der Waals surface area contributed by atoms with Crippen molar-refractivity contribution < 1.29 is 9.90 Å². The lowest BCUT2D eigenvalue weighted by atomic mass is 9.93. The maximum absolute atomic E-state index is 11.4. The monoisotopic (exact) mass is 277 g/mol. The SMILES string of the molecule is CCCCCCCCCC(C(=O)O)c1ccc(N)cc1. The molecule has 0 saturated heterocycles. The molecule has 1 atom stereocenters. The first kappa shape index (κ1) is 16.5. The Labute approximate surface area is 122 Å². The zero-order valence-electron chi connectivity index (χ0n) is 12.5. The van der Waals surface area contributed by atoms with E-state index in [0.29, 0.717) is 12.1 Å². The standard InChI is InChI=1S/C17H27NO2/c1-2-3-4-5-6-7-8-9-16(17(19)20)14-10-12-15(18)13-11-14/h10-13,16H,2-9,18H2,1H3,(H,19,20). The van der Waals surface area contributed by atoms with Gasteiger partial charge in [0.2, 0.25) is 0 Å². The molecule has 0 heterocycles. The van der Waals surface area contributed by atoms with E-state index in [1.807, 2.05) is 12.1 Å². The second-order valence-electron chi connectivity index (χ2n) is 5.47. The van der Waals surface area contributed by atoms with E-state index in [9.17, 15) is 9.90 Å². The molecule has 112 valence electrons. The molecule has 0 aliphatic rings. The molecule has 3 heteroatoms. The molecular formula is C17H27NO2. The van der Waals surface area contributed by atoms with Crippen LogP contribution in [0.3, 0.4) is 0 Å². The van der Waals surface area contributed by atoms with Crippen molar-refractivity contribution in [1.29, 1.82) is 0 Å². The molecule has 1 aromatic rings. The Morgan fingerprint density at radius 2 is 1.60 bits per heavy atom. The molecule has 0 spiro atoms. The molecule has 0 aromatic heterocycles. The third-order valence-corrected chi connectivity index (χ3v) is 3.73. The number of carbonyl (C=O) groups is 1. The number of unbranched alkanes of at least 4 members (excludes halogenated alkanes) is 6. The van der Waals surface area contributed by atoms with Crippen molar-refractivity contribution in [1.82, 2.24) is 0 Å². The number of carboxylic acids is 1. The number of nitrogen functional groups attached to an aromatic ring is 1. The van der Waals surface area contributed by atoms with Crippen LogP contribution < -0.4 is 5.73 Å². The van der Waals surface area contributed by atoms with Gasteiger partial charge in [-0.1, -0.05) is 64.0 Å². The summed E-state index contributed by atoms with van der Waals surface area (Å²) in [6.07, 6.45) is 9.18. The molecular weight excluding hydrogens is 250 g/mol. The summed E-state index contributed by atoms with van der Waals surface area (Å²) in [6, 6.07) is 7.21. The van der Waals surface area contributed by atoms with E-state index in [2.05, 4.69) is 6.92 Å². The highest BCUT2D eigenvalue weighted by molar-refractivity contribution is 5.76. The van der Waals surface area contributed by atoms with Crippen molar-refractivity contribution in [2.75, 3.05) is 5.73 Å². The van der Waals surface area contributed by atoms with Gasteiger partial charge in [-0.25, -0.2) is 0 Å². The summed E-state index contributed by atoms with van der Waals surface area (Å²) >= 11 is 0. The van der Waals surface area contributed by atoms with Gasteiger partial charge < -0.3 is 10.8 Å². The summed E-state index contributed by atoms with van der Waals surface area (Å²) in [4.78, 5) is 11.4. The third-order valence-electron chi connectivity index (χ3n) is 3.73. The summed E-state index contributed by atoms with van der Waals surface area (Å²) in [5.74, 6) is -1.13. The predicted molar refractivity (Wildman–Crippen MR) is 83.8 cm³/mol. The fourth-order valence-corrected chi connectivity index (χ4v) is 2.47. The van der Waals surface area contributed by atoms with Gasteiger partial charge in [-0.2, -0.15) is 0 Å². The summed E-state index contributed by atoms with van der Waals surface area (Å²) in [5, 5.41) is 9.34. The second kappa shape index (κ2) is 9.40. The number of carboxylic acid groups (broad SMARTS) is 1. The average molecular weight is 277 g/mol. The first-order valence-corrected chi connectivity index (χ1v) is 7.73. The van der Waals surface area contributed by atoms with Crippen molar-refractivity contribution in [3.05, 3.63) is 29.8 Å². The molecule has 3 N–H and O–H groups in total. The van der Waals surface area contributed by atoms with E-state index < -0.39 is 11.9 Å². The lowest BCUT2D eigenvalue weighted by Gasteiger charge is -2.13. The van der Waals surface area contributed by atoms with E-state index in [4.69, 9.17) is 5.73 Å². The molecule has 0 radical (unpaired) electrons. The molecule has 0 aliphatic heterocycles. The number of aliphatic carboxylic acids is 1. The molecule has 0 fully saturated rings. The average Bonchev–Trinajstić information content (AvgIpc) is 2.43. The highest BCUT2D eigenvalue weighted by atomic mass is 16.4. The lowest BCUT2D eigenvalue weighted by molar-refractivity contribution is -0.139. The topological polar surface area (TPSA) is 63.3 Å². The summed E-state index contributed by atoms with van der Waals surface area (Å²) in [7, 11) is 0. The van der Waals surface area contributed by atoms with Crippen LogP contribution in [0.1, 0.15) is 69.8 Å². The van der Waals surface area contributed by atoms with Gasteiger partial charge in [0.05, 0.1) is 5.92 Å². The predicted octanol–water partition coefficient (Wildman–Crippen LogP) is 4.58. The minimum atomic E-state index is -0.735. The van der Waals surface area contributed by atoms with Gasteiger partial charge in [-0.3, -0.25) is 4.79 Å². The van der Waals surface area contributed by atoms with E-state index >= 15 is 0 Å². The minimum absolute atomic E-state index is 0.397. The zero-order valence-corrected chi connectivity index (χ0v) is 12.5. The molecule has 3 nitrogen and oxygen atoms in total. The number of hydrogen-bond donors (Lipinski definition) is 2. The van der Waals surface area contributed by atoms with Crippen molar-refractivity contribution >= 4 is 11.7 Å². The molecule has 1 rings (SSSR count). The maximum Gasteiger partial charge on any atom is 0.310 e. The Hall–Kier alpha value is -1.51. The van der Waals surface area contributed by atoms with Crippen molar-refractivity contribution in [3.8, 4) is 0 Å². The summed E-state index contributed by atoms with van der Waals surface area (Å²) in [6.45, 7) is 2.21. The highest BCUT2D eigenvalue weighted by Gasteiger charge is 2.18. The first-order chi connectivity index (χ1) is 9.65. The highest BCUT2D eigenvalue weighted by Crippen LogP contribution is 2.24. The van der Waals surface area contributed by atoms with Crippen molar-refractivity contribution in [2.45, 2.75) is 64.2 Å². The van der Waals surface area contributed by atoms with Crippen LogP contribution in [0.25, 0.3) is 0 Å². The van der Waals surface area contributed by atoms with E-state index in [-0.39, 0.29) is 0 Å². The van der Waals surface area contributed by atoms with Gasteiger partial charge in [0.25, 0.3) is 0 Å². The lowest BCUT2D eigenvalue weighted by Crippen LogP contribution is -2.11. The van der Waals surface area contributed by atoms with Crippen molar-refractivity contribution in [2.24, 2.45) is 0 Å². The second-order valence-corrected chi connectivity index (χ2v) is 5.47. The summed E-state index contributed by atoms with van der Waals surface area (Å²) < 4.78 is 0. The molecule has 0 aliphatic carbocycles. The fraction of sp³-hybridized carbons (Fsp3) is 0.588. The number of anilines is 1. The van der Waals surface area contributed by atoms with Gasteiger partial charge in [-0.05, 0) is 24.1 Å². The minimum Gasteiger partial charge on any atom is -0.481 e. The van der Waals surface area contributed by atoms with Gasteiger partial charge in [0, 0.05) is 5.69 Å².